The van der Waals surface area contributed by atoms with Crippen molar-refractivity contribution in [1.82, 2.24) is 0 Å². The third-order valence-electron chi connectivity index (χ3n) is 0.816. The zero-order chi connectivity index (χ0) is 14.4. The molecule has 0 rings (SSSR count). The predicted octanol–water partition coefficient (Wildman–Crippen LogP) is 5.77. The van der Waals surface area contributed by atoms with E-state index in [2.05, 4.69) is 59.3 Å². The first-order valence-corrected chi connectivity index (χ1v) is 6.26. The third kappa shape index (κ3) is 1540. The Labute approximate surface area is 106 Å². The molecule has 0 aliphatic rings. The molecule has 0 aromatic rings. The topological polar surface area (TPSA) is 0 Å². The van der Waals surface area contributed by atoms with Crippen molar-refractivity contribution in [2.75, 3.05) is 0 Å². The van der Waals surface area contributed by atoms with Gasteiger partial charge in [-0.05, 0) is 19.8 Å². The van der Waals surface area contributed by atoms with E-state index in [1.54, 1.807) is 13.8 Å². The van der Waals surface area contributed by atoms with Crippen molar-refractivity contribution >= 4 is 0 Å². The Kier molecular flexibility index (Phi) is 119. The van der Waals surface area contributed by atoms with Crippen LogP contribution in [0.4, 0.5) is 0 Å². The van der Waals surface area contributed by atoms with Crippen molar-refractivity contribution in [2.24, 2.45) is 5.92 Å². The fraction of sp³-hybridized carbons (Fsp3) is 0.750. The van der Waals surface area contributed by atoms with E-state index in [0.717, 1.165) is 5.92 Å². The summed E-state index contributed by atoms with van der Waals surface area (Å²) in [6.45, 7) is 18.2. The van der Waals surface area contributed by atoms with Crippen molar-refractivity contribution in [3.8, 4) is 24.7 Å². The molecule has 0 aliphatic heterocycles. The largest absolute Gasteiger partial charge is 0.120 e. The van der Waals surface area contributed by atoms with Gasteiger partial charge in [-0.2, -0.15) is 0 Å². The van der Waals surface area contributed by atoms with Crippen LogP contribution in [0.2, 0.25) is 0 Å². The fourth-order valence-corrected chi connectivity index (χ4v) is 0. The van der Waals surface area contributed by atoms with Crippen molar-refractivity contribution in [1.29, 1.82) is 0 Å². The predicted molar refractivity (Wildman–Crippen MR) is 81.5 cm³/mol. The summed E-state index contributed by atoms with van der Waals surface area (Å²) in [5.41, 5.74) is 0. The molecule has 0 radical (unpaired) electrons. The lowest BCUT2D eigenvalue weighted by atomic mass is 10.2. The van der Waals surface area contributed by atoms with Crippen LogP contribution in [-0.2, 0) is 0 Å². The zero-order valence-corrected chi connectivity index (χ0v) is 13.1. The van der Waals surface area contributed by atoms with Gasteiger partial charge in [0.05, 0.1) is 0 Å². The highest BCUT2D eigenvalue weighted by Crippen LogP contribution is 1.93. The number of rotatable bonds is 1. The summed E-state index contributed by atoms with van der Waals surface area (Å²) in [4.78, 5) is 0. The molecule has 0 bridgehead atoms. The molecule has 0 unspecified atom stereocenters. The van der Waals surface area contributed by atoms with Crippen LogP contribution in [0.25, 0.3) is 0 Å². The Hall–Kier alpha value is -0.880. The van der Waals surface area contributed by atoms with Crippen LogP contribution in [-0.4, -0.2) is 0 Å². The van der Waals surface area contributed by atoms with Crippen molar-refractivity contribution < 1.29 is 0 Å². The minimum Gasteiger partial charge on any atom is -0.120 e. The molecular formula is C16H34. The van der Waals surface area contributed by atoms with Crippen LogP contribution in [0.1, 0.15) is 75.2 Å². The van der Waals surface area contributed by atoms with Gasteiger partial charge in [-0.15, -0.1) is 24.7 Å². The maximum Gasteiger partial charge on any atom is -0.00297 e. The average molecular weight is 226 g/mol. The summed E-state index contributed by atoms with van der Waals surface area (Å²) in [7, 11) is 0. The van der Waals surface area contributed by atoms with Gasteiger partial charge in [0, 0.05) is 0 Å². The van der Waals surface area contributed by atoms with E-state index in [-0.39, 0.29) is 0 Å². The highest BCUT2D eigenvalue weighted by molar-refractivity contribution is 4.73. The van der Waals surface area contributed by atoms with E-state index in [4.69, 9.17) is 0 Å². The molecule has 0 heterocycles. The van der Waals surface area contributed by atoms with Crippen molar-refractivity contribution in [3.63, 3.8) is 0 Å². The highest BCUT2D eigenvalue weighted by atomic mass is 13.9. The first kappa shape index (κ1) is 29.4. The van der Waals surface area contributed by atoms with Gasteiger partial charge in [-0.3, -0.25) is 0 Å². The van der Waals surface area contributed by atoms with E-state index in [1.165, 1.54) is 12.8 Å². The molecule has 16 heavy (non-hydrogen) atoms. The smallest absolute Gasteiger partial charge is 0.00297 e. The van der Waals surface area contributed by atoms with Crippen LogP contribution in [0, 0.1) is 30.6 Å². The SMILES string of the molecule is C#CC.C#CC.CC.CCC.CCC(C)C. The highest BCUT2D eigenvalue weighted by Gasteiger charge is 1.80. The summed E-state index contributed by atoms with van der Waals surface area (Å²) >= 11 is 0. The van der Waals surface area contributed by atoms with Gasteiger partial charge in [0.15, 0.2) is 0 Å². The van der Waals surface area contributed by atoms with Gasteiger partial charge >= 0.3 is 0 Å². The molecule has 0 saturated carbocycles. The van der Waals surface area contributed by atoms with E-state index in [1.807, 2.05) is 13.8 Å². The molecule has 0 saturated heterocycles. The quantitative estimate of drug-likeness (QED) is 0.498. The van der Waals surface area contributed by atoms with E-state index < -0.39 is 0 Å². The number of hydrogen-bond donors (Lipinski definition) is 0. The summed E-state index contributed by atoms with van der Waals surface area (Å²) < 4.78 is 0. The molecule has 98 valence electrons. The summed E-state index contributed by atoms with van der Waals surface area (Å²) in [5, 5.41) is 0. The molecule has 0 fully saturated rings. The molecule has 0 atom stereocenters. The second-order valence-electron chi connectivity index (χ2n) is 3.09. The normalized spacial score (nSPS) is 5.50. The third-order valence-corrected chi connectivity index (χ3v) is 0.816. The molecule has 0 spiro atoms. The Balaban J connectivity index is -0.0000000329. The monoisotopic (exact) mass is 226 g/mol. The first-order chi connectivity index (χ1) is 7.51. The lowest BCUT2D eigenvalue weighted by Crippen LogP contribution is -1.77. The Morgan fingerprint density at radius 2 is 0.938 bits per heavy atom. The second kappa shape index (κ2) is 64.9. The van der Waals surface area contributed by atoms with Gasteiger partial charge in [0.2, 0.25) is 0 Å². The summed E-state index contributed by atoms with van der Waals surface area (Å²) in [6.07, 6.45) is 11.8. The molecule has 0 aliphatic carbocycles. The molecule has 0 aromatic heterocycles. The van der Waals surface area contributed by atoms with Gasteiger partial charge in [-0.1, -0.05) is 61.3 Å². The molecule has 0 amide bonds. The van der Waals surface area contributed by atoms with Gasteiger partial charge in [0.25, 0.3) is 0 Å². The Morgan fingerprint density at radius 3 is 0.938 bits per heavy atom. The van der Waals surface area contributed by atoms with Gasteiger partial charge in [-0.25, -0.2) is 0 Å². The van der Waals surface area contributed by atoms with Crippen LogP contribution in [0.15, 0.2) is 0 Å². The minimum absolute atomic E-state index is 0.884. The van der Waals surface area contributed by atoms with Crippen LogP contribution >= 0.6 is 0 Å². The van der Waals surface area contributed by atoms with E-state index >= 15 is 0 Å². The molecule has 0 N–H and O–H groups in total. The number of hydrogen-bond acceptors (Lipinski definition) is 0. The van der Waals surface area contributed by atoms with E-state index in [9.17, 15) is 0 Å². The summed E-state index contributed by atoms with van der Waals surface area (Å²) in [6, 6.07) is 0. The van der Waals surface area contributed by atoms with Crippen molar-refractivity contribution in [3.05, 3.63) is 0 Å². The average Bonchev–Trinajstić information content (AvgIpc) is 2.24. The minimum atomic E-state index is 0.884. The second-order valence-corrected chi connectivity index (χ2v) is 3.09. The fourth-order valence-electron chi connectivity index (χ4n) is 0. The maximum absolute atomic E-state index is 4.60. The van der Waals surface area contributed by atoms with Crippen LogP contribution in [0.3, 0.4) is 0 Å². The lowest BCUT2D eigenvalue weighted by Gasteiger charge is -1.90. The zero-order valence-electron chi connectivity index (χ0n) is 13.1. The molecular weight excluding hydrogens is 192 g/mol. The van der Waals surface area contributed by atoms with E-state index in [0.29, 0.717) is 0 Å². The van der Waals surface area contributed by atoms with Crippen LogP contribution < -0.4 is 0 Å². The van der Waals surface area contributed by atoms with Crippen molar-refractivity contribution in [2.45, 2.75) is 75.2 Å². The van der Waals surface area contributed by atoms with Gasteiger partial charge in [0.1, 0.15) is 0 Å². The molecule has 0 nitrogen and oxygen atoms in total. The van der Waals surface area contributed by atoms with Crippen LogP contribution in [0.5, 0.6) is 0 Å². The maximum atomic E-state index is 4.60. The lowest BCUT2D eigenvalue weighted by molar-refractivity contribution is 0.626. The first-order valence-electron chi connectivity index (χ1n) is 6.26. The van der Waals surface area contributed by atoms with Gasteiger partial charge < -0.3 is 0 Å². The standard InChI is InChI=1S/C5H12.C3H8.2C3H4.C2H6/c1-4-5(2)3;3*1-3-2;1-2/h5H,4H2,1-3H3;3H2,1-2H3;2*1H,2H3;1-2H3. The number of terminal acetylenes is 2. The molecule has 0 aromatic carbocycles. The molecule has 0 heteroatoms. The Morgan fingerprint density at radius 1 is 0.875 bits per heavy atom. The summed E-state index contributed by atoms with van der Waals surface area (Å²) in [5.74, 6) is 5.38. The Bertz CT molecular complexity index is 106.